The lowest BCUT2D eigenvalue weighted by Gasteiger charge is -2.48. The summed E-state index contributed by atoms with van der Waals surface area (Å²) >= 11 is 6.65. The Bertz CT molecular complexity index is 1100. The van der Waals surface area contributed by atoms with Crippen LogP contribution in [0.15, 0.2) is 36.7 Å². The first-order valence-electron chi connectivity index (χ1n) is 9.89. The highest BCUT2D eigenvalue weighted by molar-refractivity contribution is 6.31. The molecule has 6 nitrogen and oxygen atoms in total. The zero-order valence-electron chi connectivity index (χ0n) is 16.8. The summed E-state index contributed by atoms with van der Waals surface area (Å²) in [6, 6.07) is 7.10. The first-order chi connectivity index (χ1) is 14.3. The highest BCUT2D eigenvalue weighted by Gasteiger charge is 2.47. The maximum Gasteiger partial charge on any atom is 0.236 e. The second kappa shape index (κ2) is 7.65. The van der Waals surface area contributed by atoms with Gasteiger partial charge in [0.05, 0.1) is 17.5 Å². The predicted molar refractivity (Wildman–Crippen MR) is 114 cm³/mol. The molecule has 1 aromatic carbocycles. The molecule has 1 amide bonds. The Morgan fingerprint density at radius 2 is 2.07 bits per heavy atom. The Balaban J connectivity index is 1.73. The van der Waals surface area contributed by atoms with Crippen LogP contribution in [0.2, 0.25) is 5.02 Å². The number of likely N-dealkylation sites (tertiary alicyclic amines) is 1. The minimum atomic E-state index is -1.20. The molecule has 1 unspecified atom stereocenters. The van der Waals surface area contributed by atoms with E-state index in [0.29, 0.717) is 40.3 Å². The van der Waals surface area contributed by atoms with Crippen molar-refractivity contribution in [1.82, 2.24) is 14.9 Å². The first-order valence-corrected chi connectivity index (χ1v) is 10.3. The quantitative estimate of drug-likeness (QED) is 0.594. The van der Waals surface area contributed by atoms with Crippen LogP contribution in [0.3, 0.4) is 0 Å². The summed E-state index contributed by atoms with van der Waals surface area (Å²) in [5, 5.41) is 12.4. The zero-order valence-corrected chi connectivity index (χ0v) is 17.6. The van der Waals surface area contributed by atoms with Gasteiger partial charge in [0.25, 0.3) is 0 Å². The SMILES string of the molecule is C[C@@H]1CN(C(=O)CN)C[C@H](C)C1(O)c1ccc(-c2ccnc3[nH]cc(F)c23)cc1Cl. The third kappa shape index (κ3) is 3.17. The molecule has 3 heterocycles. The van der Waals surface area contributed by atoms with Gasteiger partial charge in [0.1, 0.15) is 5.65 Å². The molecule has 0 radical (unpaired) electrons. The average molecular weight is 431 g/mol. The smallest absolute Gasteiger partial charge is 0.236 e. The van der Waals surface area contributed by atoms with E-state index in [1.54, 1.807) is 29.3 Å². The van der Waals surface area contributed by atoms with Gasteiger partial charge >= 0.3 is 0 Å². The molecule has 1 aliphatic rings. The number of hydrogen-bond donors (Lipinski definition) is 3. The van der Waals surface area contributed by atoms with Crippen molar-refractivity contribution in [3.8, 4) is 11.1 Å². The summed E-state index contributed by atoms with van der Waals surface area (Å²) < 4.78 is 14.3. The van der Waals surface area contributed by atoms with Gasteiger partial charge in [0, 0.05) is 47.9 Å². The van der Waals surface area contributed by atoms with E-state index in [2.05, 4.69) is 9.97 Å². The summed E-state index contributed by atoms with van der Waals surface area (Å²) in [4.78, 5) is 20.7. The van der Waals surface area contributed by atoms with Crippen molar-refractivity contribution >= 4 is 28.5 Å². The van der Waals surface area contributed by atoms with Crippen molar-refractivity contribution < 1.29 is 14.3 Å². The van der Waals surface area contributed by atoms with Crippen LogP contribution in [0.4, 0.5) is 4.39 Å². The fourth-order valence-electron chi connectivity index (χ4n) is 4.63. The van der Waals surface area contributed by atoms with E-state index in [1.165, 1.54) is 6.20 Å². The fraction of sp³-hybridized carbons (Fsp3) is 0.364. The molecule has 3 aromatic rings. The molecule has 4 rings (SSSR count). The maximum atomic E-state index is 14.3. The van der Waals surface area contributed by atoms with Crippen molar-refractivity contribution in [3.05, 3.63) is 53.1 Å². The van der Waals surface area contributed by atoms with E-state index >= 15 is 0 Å². The van der Waals surface area contributed by atoms with Gasteiger partial charge in [-0.3, -0.25) is 4.79 Å². The Hall–Kier alpha value is -2.48. The number of aliphatic hydroxyl groups is 1. The summed E-state index contributed by atoms with van der Waals surface area (Å²) in [5.74, 6) is -0.997. The summed E-state index contributed by atoms with van der Waals surface area (Å²) in [7, 11) is 0. The monoisotopic (exact) mass is 430 g/mol. The molecule has 8 heteroatoms. The van der Waals surface area contributed by atoms with Gasteiger partial charge < -0.3 is 20.7 Å². The third-order valence-corrected chi connectivity index (χ3v) is 6.57. The molecule has 3 atom stereocenters. The number of carbonyl (C=O) groups is 1. The molecule has 158 valence electrons. The fourth-order valence-corrected chi connectivity index (χ4v) is 4.96. The number of H-pyrrole nitrogens is 1. The number of pyridine rings is 1. The Kier molecular flexibility index (Phi) is 5.30. The van der Waals surface area contributed by atoms with Gasteiger partial charge in [-0.25, -0.2) is 9.37 Å². The van der Waals surface area contributed by atoms with Crippen LogP contribution in [-0.4, -0.2) is 45.5 Å². The lowest BCUT2D eigenvalue weighted by Crippen LogP contribution is -2.56. The van der Waals surface area contributed by atoms with Crippen molar-refractivity contribution in [3.63, 3.8) is 0 Å². The van der Waals surface area contributed by atoms with Crippen LogP contribution in [0.1, 0.15) is 19.4 Å². The molecular weight excluding hydrogens is 407 g/mol. The number of nitrogens with one attached hydrogen (secondary N) is 1. The normalized spacial score (nSPS) is 24.4. The number of piperidine rings is 1. The molecule has 4 N–H and O–H groups in total. The second-order valence-electron chi connectivity index (χ2n) is 8.04. The van der Waals surface area contributed by atoms with Gasteiger partial charge in [0.15, 0.2) is 5.82 Å². The predicted octanol–water partition coefficient (Wildman–Crippen LogP) is 3.28. The highest BCUT2D eigenvalue weighted by atomic mass is 35.5. The number of halogens is 2. The number of fused-ring (bicyclic) bond motifs is 1. The van der Waals surface area contributed by atoms with Crippen molar-refractivity contribution in [2.24, 2.45) is 17.6 Å². The van der Waals surface area contributed by atoms with Gasteiger partial charge in [-0.2, -0.15) is 0 Å². The second-order valence-corrected chi connectivity index (χ2v) is 8.45. The molecule has 0 bridgehead atoms. The molecule has 0 spiro atoms. The molecule has 1 fully saturated rings. The Morgan fingerprint density at radius 1 is 1.37 bits per heavy atom. The standard InChI is InChI=1S/C22H24ClFN4O2/c1-12-10-28(19(29)8-25)11-13(2)22(12,30)16-4-3-14(7-17(16)23)15-5-6-26-21-20(15)18(24)9-27-21/h3-7,9,12-13,30H,8,10-11,25H2,1-2H3,(H,26,27)/t12-,13+,22?. The van der Waals surface area contributed by atoms with Crippen LogP contribution < -0.4 is 5.73 Å². The summed E-state index contributed by atoms with van der Waals surface area (Å²) in [6.45, 7) is 4.54. The molecule has 30 heavy (non-hydrogen) atoms. The highest BCUT2D eigenvalue weighted by Crippen LogP contribution is 2.45. The first kappa shape index (κ1) is 20.8. The average Bonchev–Trinajstić information content (AvgIpc) is 3.12. The maximum absolute atomic E-state index is 14.3. The lowest BCUT2D eigenvalue weighted by molar-refractivity contribution is -0.147. The minimum absolute atomic E-state index is 0.0521. The van der Waals surface area contributed by atoms with Crippen LogP contribution in [0.25, 0.3) is 22.2 Å². The van der Waals surface area contributed by atoms with Crippen molar-refractivity contribution in [2.75, 3.05) is 19.6 Å². The van der Waals surface area contributed by atoms with Crippen LogP contribution in [0, 0.1) is 17.7 Å². The largest absolute Gasteiger partial charge is 0.384 e. The van der Waals surface area contributed by atoms with Crippen LogP contribution in [-0.2, 0) is 10.4 Å². The van der Waals surface area contributed by atoms with Crippen molar-refractivity contribution in [1.29, 1.82) is 0 Å². The van der Waals surface area contributed by atoms with Crippen LogP contribution >= 0.6 is 11.6 Å². The van der Waals surface area contributed by atoms with Gasteiger partial charge in [-0.05, 0) is 23.3 Å². The lowest BCUT2D eigenvalue weighted by atomic mass is 9.70. The van der Waals surface area contributed by atoms with E-state index < -0.39 is 5.60 Å². The number of rotatable bonds is 3. The zero-order chi connectivity index (χ0) is 21.6. The minimum Gasteiger partial charge on any atom is -0.384 e. The van der Waals surface area contributed by atoms with E-state index in [9.17, 15) is 14.3 Å². The summed E-state index contributed by atoms with van der Waals surface area (Å²) in [5.41, 5.74) is 6.77. The number of nitrogens with zero attached hydrogens (tertiary/aromatic N) is 2. The number of aromatic amines is 1. The molecular formula is C22H24ClFN4O2. The Morgan fingerprint density at radius 3 is 2.70 bits per heavy atom. The molecule has 1 saturated heterocycles. The number of carbonyl (C=O) groups excluding carboxylic acids is 1. The molecule has 0 aliphatic carbocycles. The van der Waals surface area contributed by atoms with Crippen LogP contribution in [0.5, 0.6) is 0 Å². The Labute approximate surface area is 178 Å². The number of benzene rings is 1. The number of nitrogens with two attached hydrogens (primary N) is 1. The van der Waals surface area contributed by atoms with Gasteiger partial charge in [-0.15, -0.1) is 0 Å². The number of amides is 1. The molecule has 0 saturated carbocycles. The molecule has 2 aromatic heterocycles. The van der Waals surface area contributed by atoms with Gasteiger partial charge in [-0.1, -0.05) is 37.6 Å². The number of hydrogen-bond acceptors (Lipinski definition) is 4. The van der Waals surface area contributed by atoms with Crippen molar-refractivity contribution in [2.45, 2.75) is 19.4 Å². The third-order valence-electron chi connectivity index (χ3n) is 6.26. The van der Waals surface area contributed by atoms with Gasteiger partial charge in [0.2, 0.25) is 5.91 Å². The molecule has 1 aliphatic heterocycles. The van der Waals surface area contributed by atoms with E-state index in [1.807, 2.05) is 19.9 Å². The van der Waals surface area contributed by atoms with E-state index in [4.69, 9.17) is 17.3 Å². The topological polar surface area (TPSA) is 95.2 Å². The van der Waals surface area contributed by atoms with E-state index in [0.717, 1.165) is 5.56 Å². The number of aromatic nitrogens is 2. The summed E-state index contributed by atoms with van der Waals surface area (Å²) in [6.07, 6.45) is 2.89. The van der Waals surface area contributed by atoms with E-state index in [-0.39, 0.29) is 30.1 Å².